The second kappa shape index (κ2) is 42.1. The number of para-hydroxylation sites is 2. The summed E-state index contributed by atoms with van der Waals surface area (Å²) in [5.74, 6) is -17.8. The lowest BCUT2D eigenvalue weighted by molar-refractivity contribution is -0.143. The number of nitrogens with one attached hydrogen (secondary N) is 11. The lowest BCUT2D eigenvalue weighted by Gasteiger charge is -2.32. The molecule has 2 aromatic carbocycles. The summed E-state index contributed by atoms with van der Waals surface area (Å²) in [6.07, 6.45) is -0.185. The van der Waals surface area contributed by atoms with Crippen molar-refractivity contribution in [2.45, 2.75) is 180 Å². The molecule has 17 N–H and O–H groups in total. The highest BCUT2D eigenvalue weighted by atomic mass is 32.2. The van der Waals surface area contributed by atoms with Crippen LogP contribution in [0.5, 0.6) is 0 Å². The van der Waals surface area contributed by atoms with E-state index in [1.165, 1.54) is 49.3 Å². The minimum absolute atomic E-state index is 0.00920. The van der Waals surface area contributed by atoms with Gasteiger partial charge in [0.1, 0.15) is 60.2 Å². The zero-order valence-electron chi connectivity index (χ0n) is 64.6. The number of primary amides is 1. The summed E-state index contributed by atoms with van der Waals surface area (Å²) in [7, 11) is 0. The molecule has 3 fully saturated rings. The smallest absolute Gasteiger partial charge is 0.305 e. The predicted octanol–water partition coefficient (Wildman–Crippen LogP) is -1.61. The largest absolute Gasteiger partial charge is 0.481 e. The van der Waals surface area contributed by atoms with Gasteiger partial charge in [-0.3, -0.25) is 81.6 Å². The molecule has 2 aromatic heterocycles. The quantitative estimate of drug-likeness (QED) is 0.0636. The Balaban J connectivity index is 1.17. The first-order chi connectivity index (χ1) is 53.1. The van der Waals surface area contributed by atoms with Gasteiger partial charge in [0.25, 0.3) is 0 Å². The van der Waals surface area contributed by atoms with Crippen LogP contribution in [-0.4, -0.2) is 270 Å². The number of aliphatic hydroxyl groups is 1. The standard InChI is InChI=1S/C75H107N17O18S2/c1-10-44-27-58(95)65(43(9)93)88-69(104)47(28-57(94)41(7)76)33-111-35-60(97)90-23-24-91(38-89(11-2)37-90)61(98)36-112-34-55(66(77)101)85-73(108)56-21-16-22-92(56)75(110)64(40(5)6)87-71(106)52(25-45-30-78-50-19-14-12-17-48(45)50)82-59(96)32-80-70(105)54(29-62(99)100)84-74(109)63(39(3)4)86-72(107)53(83-67(102)42(8)81-68(44)103)26-46-31-79-51-20-15-13-18-49(46)51/h12-15,17-20,30-31,39-44,47,52-56,63-65,78-79,93H,10-11,16,21-29,32-38,76H2,1-9H3,(H2,77,101)(H,80,105)(H,81,103)(H,82,96)(H,83,102)(H,84,109)(H,85,108)(H,86,107)(H,87,106)(H,88,104)(H,99,100)/t41-,42-,43+,44+,47-,52-,53-,54-,55-,56-,63-,64-,65-/m0/s1. The van der Waals surface area contributed by atoms with E-state index < -0.39 is 199 Å². The molecule has 35 nitrogen and oxygen atoms in total. The molecule has 3 aliphatic heterocycles. The summed E-state index contributed by atoms with van der Waals surface area (Å²) < 4.78 is 0. The van der Waals surface area contributed by atoms with Crippen LogP contribution in [0.25, 0.3) is 21.8 Å². The van der Waals surface area contributed by atoms with Crippen molar-refractivity contribution in [1.82, 2.24) is 77.4 Å². The molecule has 2 bridgehead atoms. The van der Waals surface area contributed by atoms with Gasteiger partial charge in [-0.15, -0.1) is 11.8 Å². The summed E-state index contributed by atoms with van der Waals surface area (Å²) in [6.45, 7) is 13.8. The van der Waals surface area contributed by atoms with Gasteiger partial charge in [-0.2, -0.15) is 11.8 Å². The second-order valence-corrected chi connectivity index (χ2v) is 31.4. The third kappa shape index (κ3) is 25.0. The lowest BCUT2D eigenvalue weighted by atomic mass is 9.92. The van der Waals surface area contributed by atoms with Crippen LogP contribution in [0.3, 0.4) is 0 Å². The van der Waals surface area contributed by atoms with Crippen molar-refractivity contribution >= 4 is 140 Å². The number of aliphatic carboxylic acids is 1. The monoisotopic (exact) mass is 1600 g/mol. The Labute approximate surface area is 657 Å². The van der Waals surface area contributed by atoms with E-state index in [-0.39, 0.29) is 93.5 Å². The first-order valence-corrected chi connectivity index (χ1v) is 39.9. The maximum absolute atomic E-state index is 14.8. The molecule has 112 heavy (non-hydrogen) atoms. The molecule has 0 saturated carbocycles. The Bertz CT molecular complexity index is 4090. The highest BCUT2D eigenvalue weighted by molar-refractivity contribution is 8.00. The fraction of sp³-hybridized carbons (Fsp3) is 0.573. The van der Waals surface area contributed by atoms with E-state index in [0.717, 1.165) is 23.5 Å². The van der Waals surface area contributed by atoms with Gasteiger partial charge in [0.05, 0.1) is 55.9 Å². The molecule has 612 valence electrons. The Morgan fingerprint density at radius 3 is 1.63 bits per heavy atom. The molecular formula is C75H107N17O18S2. The van der Waals surface area contributed by atoms with Gasteiger partial charge in [0.2, 0.25) is 76.8 Å². The van der Waals surface area contributed by atoms with Crippen LogP contribution in [0.2, 0.25) is 0 Å². The number of aromatic nitrogens is 2. The highest BCUT2D eigenvalue weighted by Gasteiger charge is 2.42. The van der Waals surface area contributed by atoms with Crippen molar-refractivity contribution < 1.29 is 86.9 Å². The average Bonchev–Trinajstić information content (AvgIpc) is 1.62. The number of fused-ring (bicyclic) bond motifs is 6. The number of aromatic amines is 2. The first kappa shape index (κ1) is 89.2. The molecule has 5 heterocycles. The summed E-state index contributed by atoms with van der Waals surface area (Å²) in [6, 6.07) is -0.0296. The minimum Gasteiger partial charge on any atom is -0.481 e. The number of nitrogens with zero attached hydrogens (tertiary/aromatic N) is 4. The number of carboxylic acids is 1. The van der Waals surface area contributed by atoms with E-state index in [9.17, 15) is 86.9 Å². The first-order valence-electron chi connectivity index (χ1n) is 37.6. The number of hydrogen-bond donors (Lipinski definition) is 15. The van der Waals surface area contributed by atoms with Crippen LogP contribution in [-0.2, 0) is 89.6 Å². The van der Waals surface area contributed by atoms with E-state index in [0.29, 0.717) is 45.9 Å². The van der Waals surface area contributed by atoms with Gasteiger partial charge in [-0.1, -0.05) is 77.9 Å². The molecule has 0 radical (unpaired) electrons. The Hall–Kier alpha value is -9.98. The molecule has 3 saturated heterocycles. The summed E-state index contributed by atoms with van der Waals surface area (Å²) in [4.78, 5) is 237. The number of carbonyl (C=O) groups excluding carboxylic acids is 15. The van der Waals surface area contributed by atoms with Gasteiger partial charge >= 0.3 is 5.97 Å². The number of hydrogen-bond acceptors (Lipinski definition) is 21. The number of rotatable bonds is 15. The third-order valence-electron chi connectivity index (χ3n) is 20.0. The average molecular weight is 1600 g/mol. The zero-order chi connectivity index (χ0) is 82.4. The molecule has 0 unspecified atom stereocenters. The van der Waals surface area contributed by atoms with E-state index in [4.69, 9.17) is 11.5 Å². The van der Waals surface area contributed by atoms with Crippen LogP contribution in [0, 0.1) is 23.7 Å². The fourth-order valence-electron chi connectivity index (χ4n) is 13.3. The maximum Gasteiger partial charge on any atom is 0.305 e. The number of ketones is 2. The molecular weight excluding hydrogens is 1490 g/mol. The Morgan fingerprint density at radius 1 is 0.580 bits per heavy atom. The number of thioether (sulfide) groups is 2. The van der Waals surface area contributed by atoms with E-state index >= 15 is 0 Å². The van der Waals surface area contributed by atoms with Crippen molar-refractivity contribution in [2.24, 2.45) is 35.1 Å². The van der Waals surface area contributed by atoms with Gasteiger partial charge < -0.3 is 94.2 Å². The molecule has 0 aliphatic carbocycles. The van der Waals surface area contributed by atoms with Crippen molar-refractivity contribution in [1.29, 1.82) is 0 Å². The fourth-order valence-corrected chi connectivity index (χ4v) is 15.3. The van der Waals surface area contributed by atoms with Crippen molar-refractivity contribution in [3.63, 3.8) is 0 Å². The Morgan fingerprint density at radius 2 is 1.11 bits per heavy atom. The van der Waals surface area contributed by atoms with E-state index in [1.807, 2.05) is 11.8 Å². The second-order valence-electron chi connectivity index (χ2n) is 29.3. The van der Waals surface area contributed by atoms with E-state index in [1.54, 1.807) is 81.7 Å². The number of nitrogens with two attached hydrogens (primary N) is 2. The SMILES string of the molecule is CC[C@@H]1CC(=O)[C@H]([C@@H](C)O)NC(=O)[C@@H](CC(=O)[C@H](C)N)CSCC(=O)N2CCN(CN(CC)C2)C(=O)CSC[C@@H](C(N)=O)NC(=O)[C@@H]2CCCN2C(=O)[C@H](C(C)C)NC(=O)[C@H](Cc2c[nH]c3ccccc23)NC(=O)CNC(=O)[C@H](CC(=O)O)NC(=O)[C@H](C(C)C)NC(=O)[C@H](Cc2c[nH]c3ccccc23)NC(=O)[C@H](C)NC1=O. The third-order valence-corrected chi connectivity index (χ3v) is 22.1. The van der Waals surface area contributed by atoms with Gasteiger partial charge in [0, 0.05) is 96.9 Å². The van der Waals surface area contributed by atoms with Crippen molar-refractivity contribution in [2.75, 3.05) is 69.1 Å². The van der Waals surface area contributed by atoms with Crippen LogP contribution < -0.4 is 59.3 Å². The van der Waals surface area contributed by atoms with Gasteiger partial charge in [-0.05, 0) is 81.7 Å². The molecule has 13 amide bonds. The predicted molar refractivity (Wildman–Crippen MR) is 416 cm³/mol. The summed E-state index contributed by atoms with van der Waals surface area (Å²) >= 11 is 2.04. The van der Waals surface area contributed by atoms with Crippen molar-refractivity contribution in [3.05, 3.63) is 72.1 Å². The molecule has 0 spiro atoms. The molecule has 37 heteroatoms. The molecule has 4 aromatic rings. The zero-order valence-corrected chi connectivity index (χ0v) is 66.2. The van der Waals surface area contributed by atoms with Crippen LogP contribution >= 0.6 is 23.5 Å². The minimum atomic E-state index is -1.89. The summed E-state index contributed by atoms with van der Waals surface area (Å²) in [5, 5.41) is 45.6. The molecule has 3 aliphatic rings. The topological polar surface area (TPSA) is 518 Å². The molecule has 13 atom stereocenters. The summed E-state index contributed by atoms with van der Waals surface area (Å²) in [5.41, 5.74) is 14.2. The number of amides is 13. The number of H-pyrrole nitrogens is 2. The Kier molecular flexibility index (Phi) is 33.5. The van der Waals surface area contributed by atoms with Gasteiger partial charge in [0.15, 0.2) is 5.78 Å². The number of Topliss-reactive ketones (excluding diaryl/α,β-unsaturated/α-hetero) is 2. The van der Waals surface area contributed by atoms with Gasteiger partial charge in [-0.25, -0.2) is 0 Å². The normalized spacial score (nSPS) is 25.7. The lowest BCUT2D eigenvalue weighted by Crippen LogP contribution is -2.60. The number of aliphatic hydroxyl groups excluding tert-OH is 1. The van der Waals surface area contributed by atoms with E-state index in [2.05, 4.69) is 57.8 Å². The number of carbonyl (C=O) groups is 16. The van der Waals surface area contributed by atoms with Crippen LogP contribution in [0.1, 0.15) is 112 Å². The highest BCUT2D eigenvalue weighted by Crippen LogP contribution is 2.26. The van der Waals surface area contributed by atoms with Crippen molar-refractivity contribution in [3.8, 4) is 0 Å². The molecule has 7 rings (SSSR count). The number of benzene rings is 2. The van der Waals surface area contributed by atoms with Crippen LogP contribution in [0.15, 0.2) is 60.9 Å². The number of carboxylic acid groups (broad SMARTS) is 1. The van der Waals surface area contributed by atoms with Crippen LogP contribution in [0.4, 0.5) is 0 Å². The maximum atomic E-state index is 14.8.